The van der Waals surface area contributed by atoms with Crippen LogP contribution in [0.5, 0.6) is 11.5 Å². The van der Waals surface area contributed by atoms with Gasteiger partial charge in [0.1, 0.15) is 17.3 Å². The molecule has 1 unspecified atom stereocenters. The minimum atomic E-state index is -0.0684. The van der Waals surface area contributed by atoms with E-state index < -0.39 is 0 Å². The number of nitrogens with one attached hydrogen (secondary N) is 1. The SMILES string of the molecule is COc1ccc2nc(-n3ncc4c3NC(=O)CC4c3ccc(OCC(C)C)cc3)sc2c1. The van der Waals surface area contributed by atoms with Crippen molar-refractivity contribution in [1.29, 1.82) is 0 Å². The number of amides is 1. The topological polar surface area (TPSA) is 78.3 Å². The summed E-state index contributed by atoms with van der Waals surface area (Å²) in [7, 11) is 1.64. The van der Waals surface area contributed by atoms with E-state index in [9.17, 15) is 4.79 Å². The molecule has 0 aliphatic carbocycles. The first-order valence-electron chi connectivity index (χ1n) is 10.6. The van der Waals surface area contributed by atoms with Gasteiger partial charge in [0.15, 0.2) is 0 Å². The van der Waals surface area contributed by atoms with Crippen molar-refractivity contribution in [3.63, 3.8) is 0 Å². The Bertz CT molecular complexity index is 1280. The van der Waals surface area contributed by atoms with Crippen molar-refractivity contribution < 1.29 is 14.3 Å². The molecule has 8 heteroatoms. The summed E-state index contributed by atoms with van der Waals surface area (Å²) in [5.41, 5.74) is 2.91. The second-order valence-corrected chi connectivity index (χ2v) is 9.28. The molecule has 1 N–H and O–H groups in total. The fourth-order valence-corrected chi connectivity index (χ4v) is 4.79. The lowest BCUT2D eigenvalue weighted by atomic mass is 9.87. The maximum absolute atomic E-state index is 12.6. The van der Waals surface area contributed by atoms with Gasteiger partial charge in [-0.05, 0) is 41.8 Å². The van der Waals surface area contributed by atoms with E-state index in [1.54, 1.807) is 11.8 Å². The van der Waals surface area contributed by atoms with Gasteiger partial charge in [-0.25, -0.2) is 4.98 Å². The maximum atomic E-state index is 12.6. The van der Waals surface area contributed by atoms with Gasteiger partial charge < -0.3 is 14.8 Å². The van der Waals surface area contributed by atoms with Crippen molar-refractivity contribution in [2.24, 2.45) is 5.92 Å². The highest BCUT2D eigenvalue weighted by molar-refractivity contribution is 7.20. The summed E-state index contributed by atoms with van der Waals surface area (Å²) in [5, 5.41) is 8.27. The van der Waals surface area contributed by atoms with E-state index in [0.717, 1.165) is 32.8 Å². The number of benzene rings is 2. The van der Waals surface area contributed by atoms with E-state index in [-0.39, 0.29) is 11.8 Å². The second kappa shape index (κ2) is 8.27. The molecule has 0 bridgehead atoms. The van der Waals surface area contributed by atoms with Crippen LogP contribution in [0.15, 0.2) is 48.7 Å². The fraction of sp³-hybridized carbons (Fsp3) is 0.292. The molecule has 164 valence electrons. The molecular weight excluding hydrogens is 424 g/mol. The number of methoxy groups -OCH3 is 1. The monoisotopic (exact) mass is 448 g/mol. The molecule has 2 aromatic heterocycles. The third-order valence-corrected chi connectivity index (χ3v) is 6.45. The van der Waals surface area contributed by atoms with Gasteiger partial charge in [0.05, 0.1) is 30.1 Å². The summed E-state index contributed by atoms with van der Waals surface area (Å²) in [6, 6.07) is 13.8. The summed E-state index contributed by atoms with van der Waals surface area (Å²) in [6.07, 6.45) is 2.21. The first kappa shape index (κ1) is 20.5. The van der Waals surface area contributed by atoms with Crippen molar-refractivity contribution in [3.8, 4) is 16.6 Å². The summed E-state index contributed by atoms with van der Waals surface area (Å²) >= 11 is 1.51. The van der Waals surface area contributed by atoms with Gasteiger partial charge >= 0.3 is 0 Å². The molecule has 1 aliphatic rings. The number of nitrogens with zero attached hydrogens (tertiary/aromatic N) is 3. The molecule has 2 aromatic carbocycles. The van der Waals surface area contributed by atoms with Crippen LogP contribution in [0.25, 0.3) is 15.3 Å². The second-order valence-electron chi connectivity index (χ2n) is 8.27. The Morgan fingerprint density at radius 2 is 1.97 bits per heavy atom. The van der Waals surface area contributed by atoms with Crippen molar-refractivity contribution in [1.82, 2.24) is 14.8 Å². The van der Waals surface area contributed by atoms with Gasteiger partial charge in [0.25, 0.3) is 0 Å². The van der Waals surface area contributed by atoms with Crippen LogP contribution in [0.3, 0.4) is 0 Å². The molecule has 0 spiro atoms. The highest BCUT2D eigenvalue weighted by atomic mass is 32.1. The van der Waals surface area contributed by atoms with Crippen LogP contribution in [-0.2, 0) is 4.79 Å². The summed E-state index contributed by atoms with van der Waals surface area (Å²) in [4.78, 5) is 17.3. The van der Waals surface area contributed by atoms with Gasteiger partial charge in [-0.15, -0.1) is 0 Å². The van der Waals surface area contributed by atoms with Gasteiger partial charge in [0.2, 0.25) is 11.0 Å². The number of aromatic nitrogens is 3. The summed E-state index contributed by atoms with van der Waals surface area (Å²) in [5.74, 6) is 2.66. The number of rotatable bonds is 6. The van der Waals surface area contributed by atoms with Gasteiger partial charge in [-0.3, -0.25) is 4.79 Å². The minimum absolute atomic E-state index is 0.0350. The van der Waals surface area contributed by atoms with Crippen LogP contribution < -0.4 is 14.8 Å². The molecule has 5 rings (SSSR count). The molecule has 4 aromatic rings. The van der Waals surface area contributed by atoms with E-state index in [4.69, 9.17) is 14.5 Å². The zero-order valence-corrected chi connectivity index (χ0v) is 19.0. The number of carbonyl (C=O) groups is 1. The molecule has 1 atom stereocenters. The number of ether oxygens (including phenoxy) is 2. The Morgan fingerprint density at radius 3 is 2.72 bits per heavy atom. The van der Waals surface area contributed by atoms with Crippen LogP contribution in [0.2, 0.25) is 0 Å². The Hall–Kier alpha value is -3.39. The standard InChI is InChI=1S/C24H24N4O3S/c1-14(2)13-31-16-6-4-15(5-7-16)18-11-22(29)27-23-19(18)12-25-28(23)24-26-20-9-8-17(30-3)10-21(20)32-24/h4-10,12,14,18H,11,13H2,1-3H3,(H,27,29). The van der Waals surface area contributed by atoms with E-state index in [1.807, 2.05) is 48.7 Å². The maximum Gasteiger partial charge on any atom is 0.226 e. The minimum Gasteiger partial charge on any atom is -0.497 e. The average Bonchev–Trinajstić information content (AvgIpc) is 3.40. The van der Waals surface area contributed by atoms with Crippen LogP contribution in [0.4, 0.5) is 5.82 Å². The Balaban J connectivity index is 1.48. The third-order valence-electron chi connectivity index (χ3n) is 5.45. The average molecular weight is 449 g/mol. The number of carbonyl (C=O) groups excluding carboxylic acids is 1. The number of fused-ring (bicyclic) bond motifs is 2. The molecule has 1 aliphatic heterocycles. The van der Waals surface area contributed by atoms with Crippen molar-refractivity contribution in [2.45, 2.75) is 26.2 Å². The zero-order valence-electron chi connectivity index (χ0n) is 18.2. The zero-order chi connectivity index (χ0) is 22.2. The first-order chi connectivity index (χ1) is 15.5. The number of hydrogen-bond acceptors (Lipinski definition) is 6. The smallest absolute Gasteiger partial charge is 0.226 e. The van der Waals surface area contributed by atoms with E-state index in [0.29, 0.717) is 29.9 Å². The lowest BCUT2D eigenvalue weighted by molar-refractivity contribution is -0.116. The van der Waals surface area contributed by atoms with Gasteiger partial charge in [0, 0.05) is 17.9 Å². The van der Waals surface area contributed by atoms with Crippen molar-refractivity contribution in [2.75, 3.05) is 19.0 Å². The number of hydrogen-bond donors (Lipinski definition) is 1. The Kier molecular flexibility index (Phi) is 5.30. The molecule has 0 saturated heterocycles. The largest absolute Gasteiger partial charge is 0.497 e. The highest BCUT2D eigenvalue weighted by Gasteiger charge is 2.31. The highest BCUT2D eigenvalue weighted by Crippen LogP contribution is 2.39. The van der Waals surface area contributed by atoms with E-state index >= 15 is 0 Å². The number of thiazole rings is 1. The first-order valence-corrected chi connectivity index (χ1v) is 11.4. The quantitative estimate of drug-likeness (QED) is 0.449. The van der Waals surface area contributed by atoms with Crippen molar-refractivity contribution >= 4 is 33.3 Å². The van der Waals surface area contributed by atoms with Crippen LogP contribution in [-0.4, -0.2) is 34.4 Å². The third kappa shape index (κ3) is 3.82. The van der Waals surface area contributed by atoms with Crippen LogP contribution >= 0.6 is 11.3 Å². The van der Waals surface area contributed by atoms with E-state index in [1.165, 1.54) is 11.3 Å². The Labute approximate surface area is 190 Å². The molecular formula is C24H24N4O3S. The molecule has 1 amide bonds. The molecule has 0 radical (unpaired) electrons. The van der Waals surface area contributed by atoms with Crippen molar-refractivity contribution in [3.05, 3.63) is 59.8 Å². The van der Waals surface area contributed by atoms with Gasteiger partial charge in [-0.2, -0.15) is 9.78 Å². The molecule has 7 nitrogen and oxygen atoms in total. The fourth-order valence-electron chi connectivity index (χ4n) is 3.83. The predicted molar refractivity (Wildman–Crippen MR) is 125 cm³/mol. The predicted octanol–water partition coefficient (Wildman–Crippen LogP) is 5.00. The van der Waals surface area contributed by atoms with Crippen LogP contribution in [0.1, 0.15) is 37.3 Å². The lowest BCUT2D eigenvalue weighted by Gasteiger charge is -2.23. The Morgan fingerprint density at radius 1 is 1.19 bits per heavy atom. The molecule has 0 saturated carbocycles. The molecule has 32 heavy (non-hydrogen) atoms. The number of anilines is 1. The summed E-state index contributed by atoms with van der Waals surface area (Å²) in [6.45, 7) is 4.92. The molecule has 3 heterocycles. The normalized spacial score (nSPS) is 15.6. The van der Waals surface area contributed by atoms with Gasteiger partial charge in [-0.1, -0.05) is 37.3 Å². The van der Waals surface area contributed by atoms with Crippen LogP contribution in [0, 0.1) is 5.92 Å². The lowest BCUT2D eigenvalue weighted by Crippen LogP contribution is -2.24. The van der Waals surface area contributed by atoms with E-state index in [2.05, 4.69) is 24.3 Å². The molecule has 0 fully saturated rings. The summed E-state index contributed by atoms with van der Waals surface area (Å²) < 4.78 is 13.8.